The molecule has 1 aromatic heterocycles. The first-order valence-corrected chi connectivity index (χ1v) is 10.8. The topological polar surface area (TPSA) is 112 Å². The van der Waals surface area contributed by atoms with Crippen molar-refractivity contribution in [3.8, 4) is 5.75 Å². The largest absolute Gasteiger partial charge is 0.486 e. The van der Waals surface area contributed by atoms with Crippen LogP contribution in [0.25, 0.3) is 0 Å². The maximum absolute atomic E-state index is 12.3. The van der Waals surface area contributed by atoms with Gasteiger partial charge in [-0.15, -0.1) is 16.8 Å². The normalized spacial score (nSPS) is 10.5. The Morgan fingerprint density at radius 3 is 2.71 bits per heavy atom. The molecule has 9 nitrogen and oxygen atoms in total. The molecule has 31 heavy (non-hydrogen) atoms. The fourth-order valence-electron chi connectivity index (χ4n) is 2.58. The lowest BCUT2D eigenvalue weighted by molar-refractivity contribution is -0.383. The number of amides is 1. The quantitative estimate of drug-likeness (QED) is 0.188. The SMILES string of the molecule is C=CCn1c(COc2ccc(Br)cc2)nnc1SCC(=O)Nc1ccccc1[N+](=O)[O-]. The lowest BCUT2D eigenvalue weighted by Crippen LogP contribution is -2.16. The molecule has 0 fully saturated rings. The average Bonchev–Trinajstić information content (AvgIpc) is 3.14. The number of benzene rings is 2. The zero-order valence-electron chi connectivity index (χ0n) is 16.2. The van der Waals surface area contributed by atoms with Gasteiger partial charge in [0.25, 0.3) is 5.69 Å². The maximum atomic E-state index is 12.3. The number of halogens is 1. The van der Waals surface area contributed by atoms with Crippen LogP contribution in [0, 0.1) is 10.1 Å². The summed E-state index contributed by atoms with van der Waals surface area (Å²) >= 11 is 4.55. The van der Waals surface area contributed by atoms with Crippen molar-refractivity contribution in [1.29, 1.82) is 0 Å². The van der Waals surface area contributed by atoms with Gasteiger partial charge < -0.3 is 10.1 Å². The van der Waals surface area contributed by atoms with Gasteiger partial charge in [0.15, 0.2) is 11.0 Å². The minimum absolute atomic E-state index is 0.00882. The molecule has 3 aromatic rings. The van der Waals surface area contributed by atoms with Gasteiger partial charge >= 0.3 is 0 Å². The fraction of sp³-hybridized carbons (Fsp3) is 0.150. The molecule has 1 heterocycles. The van der Waals surface area contributed by atoms with E-state index in [9.17, 15) is 14.9 Å². The molecule has 2 aromatic carbocycles. The Labute approximate surface area is 190 Å². The second-order valence-electron chi connectivity index (χ2n) is 6.15. The van der Waals surface area contributed by atoms with Crippen molar-refractivity contribution in [1.82, 2.24) is 14.8 Å². The van der Waals surface area contributed by atoms with Gasteiger partial charge in [0.2, 0.25) is 5.91 Å². The molecule has 160 valence electrons. The van der Waals surface area contributed by atoms with Gasteiger partial charge in [-0.05, 0) is 30.3 Å². The first-order chi connectivity index (χ1) is 15.0. The van der Waals surface area contributed by atoms with E-state index >= 15 is 0 Å². The molecule has 3 rings (SSSR count). The number of carbonyl (C=O) groups excluding carboxylic acids is 1. The van der Waals surface area contributed by atoms with Gasteiger partial charge in [-0.3, -0.25) is 19.5 Å². The number of nitro groups is 1. The number of nitrogens with zero attached hydrogens (tertiary/aromatic N) is 4. The molecule has 0 bridgehead atoms. The first kappa shape index (κ1) is 22.5. The van der Waals surface area contributed by atoms with E-state index in [1.807, 2.05) is 24.3 Å². The van der Waals surface area contributed by atoms with Gasteiger partial charge in [0, 0.05) is 17.1 Å². The lowest BCUT2D eigenvalue weighted by Gasteiger charge is -2.09. The lowest BCUT2D eigenvalue weighted by atomic mass is 10.2. The predicted octanol–water partition coefficient (Wildman–Crippen LogP) is 4.44. The number of anilines is 1. The van der Waals surface area contributed by atoms with E-state index in [0.29, 0.717) is 23.3 Å². The molecule has 0 unspecified atom stereocenters. The van der Waals surface area contributed by atoms with Crippen molar-refractivity contribution < 1.29 is 14.5 Å². The molecular formula is C20H18BrN5O4S. The van der Waals surface area contributed by atoms with Crippen LogP contribution in [0.5, 0.6) is 5.75 Å². The number of hydrogen-bond acceptors (Lipinski definition) is 7. The predicted molar refractivity (Wildman–Crippen MR) is 121 cm³/mol. The van der Waals surface area contributed by atoms with Crippen LogP contribution >= 0.6 is 27.7 Å². The number of para-hydroxylation sites is 2. The van der Waals surface area contributed by atoms with E-state index < -0.39 is 4.92 Å². The summed E-state index contributed by atoms with van der Waals surface area (Å²) < 4.78 is 8.51. The molecule has 0 saturated heterocycles. The summed E-state index contributed by atoms with van der Waals surface area (Å²) in [5.74, 6) is 0.897. The van der Waals surface area contributed by atoms with Crippen molar-refractivity contribution in [3.05, 3.63) is 81.6 Å². The van der Waals surface area contributed by atoms with E-state index in [4.69, 9.17) is 4.74 Å². The van der Waals surface area contributed by atoms with Crippen molar-refractivity contribution >= 4 is 45.0 Å². The molecule has 0 aliphatic rings. The van der Waals surface area contributed by atoms with Crippen molar-refractivity contribution in [2.24, 2.45) is 0 Å². The van der Waals surface area contributed by atoms with Gasteiger partial charge in [-0.25, -0.2) is 0 Å². The van der Waals surface area contributed by atoms with E-state index in [-0.39, 0.29) is 29.6 Å². The summed E-state index contributed by atoms with van der Waals surface area (Å²) in [6.45, 7) is 4.39. The molecule has 1 N–H and O–H groups in total. The summed E-state index contributed by atoms with van der Waals surface area (Å²) in [4.78, 5) is 22.9. The highest BCUT2D eigenvalue weighted by Gasteiger charge is 2.17. The molecule has 0 aliphatic heterocycles. The second-order valence-corrected chi connectivity index (χ2v) is 8.01. The van der Waals surface area contributed by atoms with Crippen LogP contribution in [-0.4, -0.2) is 31.3 Å². The molecule has 0 saturated carbocycles. The summed E-state index contributed by atoms with van der Waals surface area (Å²) in [6.07, 6.45) is 1.70. The first-order valence-electron chi connectivity index (χ1n) is 9.05. The Hall–Kier alpha value is -3.18. The summed E-state index contributed by atoms with van der Waals surface area (Å²) in [5.41, 5.74) is -0.0164. The Morgan fingerprint density at radius 2 is 2.00 bits per heavy atom. The Balaban J connectivity index is 1.63. The Morgan fingerprint density at radius 1 is 1.26 bits per heavy atom. The molecule has 0 spiro atoms. The molecule has 0 radical (unpaired) electrons. The maximum Gasteiger partial charge on any atom is 0.292 e. The van der Waals surface area contributed by atoms with Crippen molar-refractivity contribution in [2.45, 2.75) is 18.3 Å². The highest BCUT2D eigenvalue weighted by atomic mass is 79.9. The van der Waals surface area contributed by atoms with Crippen LogP contribution in [-0.2, 0) is 17.9 Å². The summed E-state index contributed by atoms with van der Waals surface area (Å²) in [7, 11) is 0. The van der Waals surface area contributed by atoms with E-state index in [1.165, 1.54) is 30.0 Å². The minimum Gasteiger partial charge on any atom is -0.486 e. The molecular weight excluding hydrogens is 486 g/mol. The highest BCUT2D eigenvalue weighted by molar-refractivity contribution is 9.10. The number of nitro benzene ring substituents is 1. The Kier molecular flexibility index (Phi) is 7.79. The van der Waals surface area contributed by atoms with Crippen LogP contribution in [0.4, 0.5) is 11.4 Å². The van der Waals surface area contributed by atoms with E-state index in [2.05, 4.69) is 38.0 Å². The summed E-state index contributed by atoms with van der Waals surface area (Å²) in [5, 5.41) is 22.5. The molecule has 0 aliphatic carbocycles. The van der Waals surface area contributed by atoms with Gasteiger partial charge in [-0.1, -0.05) is 45.9 Å². The van der Waals surface area contributed by atoms with Crippen LogP contribution in [0.15, 0.2) is 70.8 Å². The monoisotopic (exact) mass is 503 g/mol. The van der Waals surface area contributed by atoms with E-state index in [0.717, 1.165) is 4.47 Å². The Bertz CT molecular complexity index is 1090. The zero-order chi connectivity index (χ0) is 22.2. The number of thioether (sulfide) groups is 1. The highest BCUT2D eigenvalue weighted by Crippen LogP contribution is 2.24. The number of hydrogen-bond donors (Lipinski definition) is 1. The second kappa shape index (κ2) is 10.7. The zero-order valence-corrected chi connectivity index (χ0v) is 18.6. The number of aromatic nitrogens is 3. The van der Waals surface area contributed by atoms with Gasteiger partial charge in [0.1, 0.15) is 18.0 Å². The van der Waals surface area contributed by atoms with Crippen molar-refractivity contribution in [2.75, 3.05) is 11.1 Å². The van der Waals surface area contributed by atoms with Crippen molar-refractivity contribution in [3.63, 3.8) is 0 Å². The summed E-state index contributed by atoms with van der Waals surface area (Å²) in [6, 6.07) is 13.4. The number of rotatable bonds is 10. The van der Waals surface area contributed by atoms with Crippen LogP contribution in [0.3, 0.4) is 0 Å². The number of carbonyl (C=O) groups is 1. The van der Waals surface area contributed by atoms with Crippen LogP contribution in [0.1, 0.15) is 5.82 Å². The fourth-order valence-corrected chi connectivity index (χ4v) is 3.61. The van der Waals surface area contributed by atoms with Gasteiger partial charge in [-0.2, -0.15) is 0 Å². The molecule has 11 heteroatoms. The van der Waals surface area contributed by atoms with Gasteiger partial charge in [0.05, 0.1) is 10.7 Å². The minimum atomic E-state index is -0.540. The molecule has 1 amide bonds. The standard InChI is InChI=1S/C20H18BrN5O4S/c1-2-11-25-18(12-30-15-9-7-14(21)8-10-15)23-24-20(25)31-13-19(27)22-16-5-3-4-6-17(16)26(28)29/h2-10H,1,11-13H2,(H,22,27). The third-order valence-corrected chi connectivity index (χ3v) is 5.49. The van der Waals surface area contributed by atoms with E-state index in [1.54, 1.807) is 16.7 Å². The van der Waals surface area contributed by atoms with Crippen LogP contribution < -0.4 is 10.1 Å². The smallest absolute Gasteiger partial charge is 0.292 e. The third kappa shape index (κ3) is 6.15. The number of allylic oxidation sites excluding steroid dienone is 1. The van der Waals surface area contributed by atoms with Crippen LogP contribution in [0.2, 0.25) is 0 Å². The third-order valence-electron chi connectivity index (χ3n) is 3.99. The number of nitrogens with one attached hydrogen (secondary N) is 1. The number of ether oxygens (including phenoxy) is 1. The average molecular weight is 504 g/mol. The molecule has 0 atom stereocenters.